The van der Waals surface area contributed by atoms with Gasteiger partial charge in [0.25, 0.3) is 0 Å². The van der Waals surface area contributed by atoms with E-state index in [0.29, 0.717) is 4.99 Å². The summed E-state index contributed by atoms with van der Waals surface area (Å²) in [7, 11) is 0. The monoisotopic (exact) mass is 255 g/mol. The number of hydrogen-bond acceptors (Lipinski definition) is 3. The van der Waals surface area contributed by atoms with E-state index in [4.69, 9.17) is 18.0 Å². The van der Waals surface area contributed by atoms with Crippen molar-refractivity contribution in [2.45, 2.75) is 38.6 Å². The van der Waals surface area contributed by atoms with Crippen molar-refractivity contribution in [2.75, 3.05) is 32.7 Å². The summed E-state index contributed by atoms with van der Waals surface area (Å²) in [6.07, 6.45) is 4.33. The van der Waals surface area contributed by atoms with Crippen LogP contribution in [0.25, 0.3) is 0 Å². The molecule has 0 atom stereocenters. The minimum atomic E-state index is -0.127. The summed E-state index contributed by atoms with van der Waals surface area (Å²) in [6, 6.07) is 0. The highest BCUT2D eigenvalue weighted by Gasteiger charge is 2.33. The van der Waals surface area contributed by atoms with E-state index in [2.05, 4.69) is 23.6 Å². The maximum Gasteiger partial charge on any atom is 0.0928 e. The largest absolute Gasteiger partial charge is 0.392 e. The number of nitrogens with zero attached hydrogens (tertiary/aromatic N) is 2. The van der Waals surface area contributed by atoms with Gasteiger partial charge in [0, 0.05) is 32.7 Å². The molecule has 0 spiro atoms. The fourth-order valence-corrected chi connectivity index (χ4v) is 2.81. The Labute approximate surface area is 110 Å². The average Bonchev–Trinajstić information content (AvgIpc) is 2.24. The van der Waals surface area contributed by atoms with Gasteiger partial charge < -0.3 is 10.6 Å². The van der Waals surface area contributed by atoms with Gasteiger partial charge in [-0.1, -0.05) is 18.6 Å². The second-order valence-electron chi connectivity index (χ2n) is 6.01. The zero-order valence-corrected chi connectivity index (χ0v) is 11.9. The van der Waals surface area contributed by atoms with E-state index in [1.165, 1.54) is 38.9 Å². The van der Waals surface area contributed by atoms with Crippen LogP contribution in [0.4, 0.5) is 0 Å². The van der Waals surface area contributed by atoms with Gasteiger partial charge >= 0.3 is 0 Å². The Morgan fingerprint density at radius 3 is 2.24 bits per heavy atom. The molecule has 2 fully saturated rings. The standard InChI is InChI=1S/C13H25N3S/c1-13(2,12(14)17)16-8-6-15(7-9-16)10-11-4-3-5-11/h11H,3-10H2,1-2H3,(H2,14,17). The second kappa shape index (κ2) is 5.21. The summed E-state index contributed by atoms with van der Waals surface area (Å²) in [4.78, 5) is 5.65. The van der Waals surface area contributed by atoms with Crippen LogP contribution in [0.3, 0.4) is 0 Å². The number of rotatable bonds is 4. The molecule has 0 bridgehead atoms. The van der Waals surface area contributed by atoms with Gasteiger partial charge in [-0.15, -0.1) is 0 Å². The Kier molecular flexibility index (Phi) is 4.06. The number of thiocarbonyl (C=S) groups is 1. The molecule has 4 heteroatoms. The first kappa shape index (κ1) is 13.2. The van der Waals surface area contributed by atoms with Crippen LogP contribution in [-0.4, -0.2) is 53.1 Å². The van der Waals surface area contributed by atoms with Gasteiger partial charge in [0.15, 0.2) is 0 Å². The fraction of sp³-hybridized carbons (Fsp3) is 0.923. The number of piperazine rings is 1. The highest BCUT2D eigenvalue weighted by Crippen LogP contribution is 2.27. The van der Waals surface area contributed by atoms with Crippen molar-refractivity contribution in [1.29, 1.82) is 0 Å². The molecule has 0 aromatic heterocycles. The molecule has 0 amide bonds. The predicted octanol–water partition coefficient (Wildman–Crippen LogP) is 1.47. The van der Waals surface area contributed by atoms with Crippen LogP contribution in [0.5, 0.6) is 0 Å². The lowest BCUT2D eigenvalue weighted by Crippen LogP contribution is -2.59. The first-order valence-corrected chi connectivity index (χ1v) is 7.18. The van der Waals surface area contributed by atoms with Gasteiger partial charge in [0.2, 0.25) is 0 Å². The Morgan fingerprint density at radius 1 is 1.24 bits per heavy atom. The quantitative estimate of drug-likeness (QED) is 0.771. The lowest BCUT2D eigenvalue weighted by molar-refractivity contribution is 0.0671. The molecule has 0 unspecified atom stereocenters. The third kappa shape index (κ3) is 2.98. The van der Waals surface area contributed by atoms with Gasteiger partial charge in [-0.2, -0.15) is 0 Å². The van der Waals surface area contributed by atoms with Gasteiger partial charge in [-0.05, 0) is 32.6 Å². The molecule has 17 heavy (non-hydrogen) atoms. The van der Waals surface area contributed by atoms with Crippen molar-refractivity contribution < 1.29 is 0 Å². The summed E-state index contributed by atoms with van der Waals surface area (Å²) >= 11 is 5.16. The van der Waals surface area contributed by atoms with Crippen molar-refractivity contribution in [3.05, 3.63) is 0 Å². The molecular weight excluding hydrogens is 230 g/mol. The Balaban J connectivity index is 1.79. The highest BCUT2D eigenvalue weighted by molar-refractivity contribution is 7.80. The van der Waals surface area contributed by atoms with Crippen molar-refractivity contribution >= 4 is 17.2 Å². The molecule has 0 aromatic carbocycles. The van der Waals surface area contributed by atoms with E-state index < -0.39 is 0 Å². The molecule has 0 aromatic rings. The Bertz CT molecular complexity index is 278. The first-order valence-electron chi connectivity index (χ1n) is 6.77. The van der Waals surface area contributed by atoms with Crippen LogP contribution < -0.4 is 5.73 Å². The molecule has 1 aliphatic heterocycles. The van der Waals surface area contributed by atoms with Crippen molar-refractivity contribution in [3.63, 3.8) is 0 Å². The average molecular weight is 255 g/mol. The van der Waals surface area contributed by atoms with E-state index in [0.717, 1.165) is 19.0 Å². The van der Waals surface area contributed by atoms with Crippen LogP contribution in [0.15, 0.2) is 0 Å². The zero-order chi connectivity index (χ0) is 12.5. The van der Waals surface area contributed by atoms with Crippen LogP contribution >= 0.6 is 12.2 Å². The summed E-state index contributed by atoms with van der Waals surface area (Å²) in [5.74, 6) is 0.977. The minimum Gasteiger partial charge on any atom is -0.392 e. The van der Waals surface area contributed by atoms with Crippen LogP contribution in [0, 0.1) is 5.92 Å². The maximum absolute atomic E-state index is 5.82. The SMILES string of the molecule is CC(C)(C(N)=S)N1CCN(CC2CCC2)CC1. The molecule has 2 aliphatic rings. The van der Waals surface area contributed by atoms with Crippen LogP contribution in [0.1, 0.15) is 33.1 Å². The van der Waals surface area contributed by atoms with E-state index in [-0.39, 0.29) is 5.54 Å². The summed E-state index contributed by atoms with van der Waals surface area (Å²) in [6.45, 7) is 10.1. The molecule has 2 rings (SSSR count). The van der Waals surface area contributed by atoms with Crippen LogP contribution in [0.2, 0.25) is 0 Å². The van der Waals surface area contributed by atoms with Gasteiger partial charge in [-0.25, -0.2) is 0 Å². The summed E-state index contributed by atoms with van der Waals surface area (Å²) in [5.41, 5.74) is 5.70. The summed E-state index contributed by atoms with van der Waals surface area (Å²) in [5, 5.41) is 0. The molecule has 0 radical (unpaired) electrons. The predicted molar refractivity (Wildman–Crippen MR) is 76.2 cm³/mol. The third-order valence-corrected chi connectivity index (χ3v) is 5.01. The third-order valence-electron chi connectivity index (χ3n) is 4.51. The fourth-order valence-electron chi connectivity index (χ4n) is 2.69. The highest BCUT2D eigenvalue weighted by atomic mass is 32.1. The zero-order valence-electron chi connectivity index (χ0n) is 11.1. The van der Waals surface area contributed by atoms with Crippen molar-refractivity contribution in [3.8, 4) is 0 Å². The first-order chi connectivity index (χ1) is 8.00. The molecule has 98 valence electrons. The van der Waals surface area contributed by atoms with E-state index in [1.807, 2.05) is 0 Å². The molecule has 1 saturated heterocycles. The molecule has 2 N–H and O–H groups in total. The lowest BCUT2D eigenvalue weighted by Gasteiger charge is -2.44. The second-order valence-corrected chi connectivity index (χ2v) is 6.45. The van der Waals surface area contributed by atoms with E-state index in [1.54, 1.807) is 0 Å². The number of hydrogen-bond donors (Lipinski definition) is 1. The Hall–Kier alpha value is -0.190. The molecule has 1 aliphatic carbocycles. The minimum absolute atomic E-state index is 0.127. The molecule has 1 heterocycles. The molecule has 1 saturated carbocycles. The van der Waals surface area contributed by atoms with Gasteiger partial charge in [0.1, 0.15) is 0 Å². The van der Waals surface area contributed by atoms with E-state index in [9.17, 15) is 0 Å². The van der Waals surface area contributed by atoms with Crippen molar-refractivity contribution in [1.82, 2.24) is 9.80 Å². The van der Waals surface area contributed by atoms with Gasteiger partial charge in [-0.3, -0.25) is 4.90 Å². The van der Waals surface area contributed by atoms with E-state index >= 15 is 0 Å². The number of nitrogens with two attached hydrogens (primary N) is 1. The molecular formula is C13H25N3S. The topological polar surface area (TPSA) is 32.5 Å². The lowest BCUT2D eigenvalue weighted by atomic mass is 9.85. The smallest absolute Gasteiger partial charge is 0.0928 e. The Morgan fingerprint density at radius 2 is 1.82 bits per heavy atom. The van der Waals surface area contributed by atoms with Crippen molar-refractivity contribution in [2.24, 2.45) is 11.7 Å². The summed E-state index contributed by atoms with van der Waals surface area (Å²) < 4.78 is 0. The maximum atomic E-state index is 5.82. The van der Waals surface area contributed by atoms with Gasteiger partial charge in [0.05, 0.1) is 10.5 Å². The molecule has 3 nitrogen and oxygen atoms in total. The van der Waals surface area contributed by atoms with Crippen LogP contribution in [-0.2, 0) is 0 Å². The normalized spacial score (nSPS) is 24.6.